The summed E-state index contributed by atoms with van der Waals surface area (Å²) >= 11 is 0. The summed E-state index contributed by atoms with van der Waals surface area (Å²) in [6.07, 6.45) is 3.21. The number of rotatable bonds is 5. The molecule has 0 aromatic carbocycles. The lowest BCUT2D eigenvalue weighted by Crippen LogP contribution is -2.49. The maximum absolute atomic E-state index is 12.2. The molecule has 5 nitrogen and oxygen atoms in total. The Labute approximate surface area is 122 Å². The Morgan fingerprint density at radius 3 is 2.65 bits per heavy atom. The predicted molar refractivity (Wildman–Crippen MR) is 79.8 cm³/mol. The number of β-amino-alcohol motifs (C(OH)–C–C–N with tert-alkyl or cyclic N) is 1. The number of nitrogens with zero attached hydrogens (tertiary/aromatic N) is 2. The van der Waals surface area contributed by atoms with E-state index in [0.717, 1.165) is 13.0 Å². The molecule has 1 atom stereocenters. The van der Waals surface area contributed by atoms with Crippen LogP contribution >= 0.6 is 0 Å². The van der Waals surface area contributed by atoms with Gasteiger partial charge in [0.15, 0.2) is 0 Å². The van der Waals surface area contributed by atoms with Gasteiger partial charge in [-0.05, 0) is 47.1 Å². The highest BCUT2D eigenvalue weighted by molar-refractivity contribution is 5.68. The van der Waals surface area contributed by atoms with Gasteiger partial charge in [-0.1, -0.05) is 6.42 Å². The molecule has 1 aliphatic heterocycles. The molecule has 1 amide bonds. The molecule has 1 unspecified atom stereocenters. The summed E-state index contributed by atoms with van der Waals surface area (Å²) in [7, 11) is 0. The van der Waals surface area contributed by atoms with Crippen molar-refractivity contribution in [2.24, 2.45) is 0 Å². The highest BCUT2D eigenvalue weighted by atomic mass is 16.6. The quantitative estimate of drug-likeness (QED) is 0.841. The molecule has 0 aliphatic carbocycles. The Bertz CT molecular complexity index is 300. The van der Waals surface area contributed by atoms with Crippen LogP contribution in [0.15, 0.2) is 0 Å². The van der Waals surface area contributed by atoms with E-state index in [4.69, 9.17) is 9.84 Å². The van der Waals surface area contributed by atoms with Gasteiger partial charge in [-0.15, -0.1) is 0 Å². The molecule has 0 saturated carbocycles. The van der Waals surface area contributed by atoms with Crippen molar-refractivity contribution in [3.63, 3.8) is 0 Å². The van der Waals surface area contributed by atoms with Crippen molar-refractivity contribution in [3.8, 4) is 0 Å². The van der Waals surface area contributed by atoms with Crippen LogP contribution in [-0.2, 0) is 4.74 Å². The van der Waals surface area contributed by atoms with Gasteiger partial charge < -0.3 is 14.7 Å². The summed E-state index contributed by atoms with van der Waals surface area (Å²) < 4.78 is 5.45. The van der Waals surface area contributed by atoms with Crippen LogP contribution < -0.4 is 0 Å². The van der Waals surface area contributed by atoms with Crippen LogP contribution in [0.3, 0.4) is 0 Å². The molecule has 1 saturated heterocycles. The Balaban J connectivity index is 2.59. The molecule has 1 N–H and O–H groups in total. The SMILES string of the molecule is CCN(CC1CCCCN1CCO)C(=O)OC(C)(C)C. The third-order valence-electron chi connectivity index (χ3n) is 3.60. The third kappa shape index (κ3) is 5.67. The molecule has 118 valence electrons. The summed E-state index contributed by atoms with van der Waals surface area (Å²) in [5, 5.41) is 9.14. The van der Waals surface area contributed by atoms with Crippen LogP contribution in [0.25, 0.3) is 0 Å². The molecule has 1 heterocycles. The molecule has 20 heavy (non-hydrogen) atoms. The summed E-state index contributed by atoms with van der Waals surface area (Å²) in [4.78, 5) is 16.2. The van der Waals surface area contributed by atoms with Crippen molar-refractivity contribution in [3.05, 3.63) is 0 Å². The lowest BCUT2D eigenvalue weighted by atomic mass is 10.0. The molecule has 5 heteroatoms. The number of carbonyl (C=O) groups is 1. The minimum atomic E-state index is -0.456. The van der Waals surface area contributed by atoms with Gasteiger partial charge in [0.2, 0.25) is 0 Å². The first-order valence-corrected chi connectivity index (χ1v) is 7.70. The zero-order valence-corrected chi connectivity index (χ0v) is 13.4. The van der Waals surface area contributed by atoms with Gasteiger partial charge in [-0.25, -0.2) is 4.79 Å². The molecular weight excluding hydrogens is 256 g/mol. The van der Waals surface area contributed by atoms with Crippen LogP contribution in [-0.4, -0.2) is 65.4 Å². The zero-order valence-electron chi connectivity index (χ0n) is 13.4. The molecule has 0 spiro atoms. The monoisotopic (exact) mass is 286 g/mol. The molecule has 0 aromatic rings. The van der Waals surface area contributed by atoms with E-state index in [9.17, 15) is 4.79 Å². The van der Waals surface area contributed by atoms with E-state index in [1.807, 2.05) is 27.7 Å². The Kier molecular flexibility index (Phi) is 6.76. The first-order chi connectivity index (χ1) is 9.37. The number of amides is 1. The second-order valence-electron chi connectivity index (χ2n) is 6.43. The van der Waals surface area contributed by atoms with E-state index in [0.29, 0.717) is 25.7 Å². The molecule has 0 bridgehead atoms. The molecule has 1 aliphatic rings. The number of ether oxygens (including phenoxy) is 1. The molecule has 0 aromatic heterocycles. The lowest BCUT2D eigenvalue weighted by molar-refractivity contribution is 0.0159. The summed E-state index contributed by atoms with van der Waals surface area (Å²) in [6.45, 7) is 10.8. The van der Waals surface area contributed by atoms with E-state index in [1.165, 1.54) is 12.8 Å². The second-order valence-corrected chi connectivity index (χ2v) is 6.43. The van der Waals surface area contributed by atoms with Crippen molar-refractivity contribution >= 4 is 6.09 Å². The van der Waals surface area contributed by atoms with Gasteiger partial charge in [0, 0.05) is 25.7 Å². The van der Waals surface area contributed by atoms with Gasteiger partial charge in [0.25, 0.3) is 0 Å². The summed E-state index contributed by atoms with van der Waals surface area (Å²) in [5.41, 5.74) is -0.456. The molecule has 1 rings (SSSR count). The highest BCUT2D eigenvalue weighted by Crippen LogP contribution is 2.19. The second kappa shape index (κ2) is 7.84. The fourth-order valence-electron chi connectivity index (χ4n) is 2.60. The van der Waals surface area contributed by atoms with Crippen LogP contribution in [0.4, 0.5) is 4.79 Å². The predicted octanol–water partition coefficient (Wildman–Crippen LogP) is 2.09. The minimum absolute atomic E-state index is 0.176. The van der Waals surface area contributed by atoms with Crippen LogP contribution in [0, 0.1) is 0 Å². The number of hydrogen-bond acceptors (Lipinski definition) is 4. The van der Waals surface area contributed by atoms with E-state index < -0.39 is 5.60 Å². The largest absolute Gasteiger partial charge is 0.444 e. The van der Waals surface area contributed by atoms with Gasteiger partial charge in [-0.3, -0.25) is 4.90 Å². The average Bonchev–Trinajstić information content (AvgIpc) is 2.35. The van der Waals surface area contributed by atoms with Gasteiger partial charge in [0.1, 0.15) is 5.60 Å². The van der Waals surface area contributed by atoms with Crippen molar-refractivity contribution < 1.29 is 14.6 Å². The smallest absolute Gasteiger partial charge is 0.410 e. The fourth-order valence-corrected chi connectivity index (χ4v) is 2.60. The Hall–Kier alpha value is -0.810. The zero-order chi connectivity index (χ0) is 15.2. The number of aliphatic hydroxyl groups is 1. The highest BCUT2D eigenvalue weighted by Gasteiger charge is 2.27. The van der Waals surface area contributed by atoms with Crippen molar-refractivity contribution in [1.82, 2.24) is 9.80 Å². The van der Waals surface area contributed by atoms with Crippen molar-refractivity contribution in [2.75, 3.05) is 32.8 Å². The topological polar surface area (TPSA) is 53.0 Å². The number of piperidine rings is 1. The first kappa shape index (κ1) is 17.2. The summed E-state index contributed by atoms with van der Waals surface area (Å²) in [5.74, 6) is 0. The maximum atomic E-state index is 12.2. The van der Waals surface area contributed by atoms with Crippen LogP contribution in [0.2, 0.25) is 0 Å². The Morgan fingerprint density at radius 1 is 1.40 bits per heavy atom. The van der Waals surface area contributed by atoms with Gasteiger partial charge in [0.05, 0.1) is 6.61 Å². The van der Waals surface area contributed by atoms with E-state index in [2.05, 4.69) is 4.90 Å². The number of likely N-dealkylation sites (tertiary alicyclic amines) is 1. The Morgan fingerprint density at radius 2 is 2.10 bits per heavy atom. The number of hydrogen-bond donors (Lipinski definition) is 1. The van der Waals surface area contributed by atoms with Crippen molar-refractivity contribution in [2.45, 2.75) is 58.6 Å². The van der Waals surface area contributed by atoms with Gasteiger partial charge in [-0.2, -0.15) is 0 Å². The fraction of sp³-hybridized carbons (Fsp3) is 0.933. The normalized spacial score (nSPS) is 20.8. The lowest BCUT2D eigenvalue weighted by Gasteiger charge is -2.38. The number of aliphatic hydroxyl groups excluding tert-OH is 1. The first-order valence-electron chi connectivity index (χ1n) is 7.70. The third-order valence-corrected chi connectivity index (χ3v) is 3.60. The van der Waals surface area contributed by atoms with E-state index in [-0.39, 0.29) is 12.7 Å². The van der Waals surface area contributed by atoms with E-state index >= 15 is 0 Å². The molecule has 0 radical (unpaired) electrons. The van der Waals surface area contributed by atoms with Crippen molar-refractivity contribution in [1.29, 1.82) is 0 Å². The maximum Gasteiger partial charge on any atom is 0.410 e. The van der Waals surface area contributed by atoms with Crippen LogP contribution in [0.5, 0.6) is 0 Å². The molecular formula is C15H30N2O3. The molecule has 1 fully saturated rings. The number of likely N-dealkylation sites (N-methyl/N-ethyl adjacent to an activating group) is 1. The standard InChI is InChI=1S/C15H30N2O3/c1-5-16(14(19)20-15(2,3)4)12-13-8-6-7-9-17(13)10-11-18/h13,18H,5-12H2,1-4H3. The number of carbonyl (C=O) groups excluding carboxylic acids is 1. The average molecular weight is 286 g/mol. The van der Waals surface area contributed by atoms with Gasteiger partial charge >= 0.3 is 6.09 Å². The van der Waals surface area contributed by atoms with Crippen LogP contribution in [0.1, 0.15) is 47.0 Å². The van der Waals surface area contributed by atoms with E-state index in [1.54, 1.807) is 4.90 Å². The minimum Gasteiger partial charge on any atom is -0.444 e. The summed E-state index contributed by atoms with van der Waals surface area (Å²) in [6, 6.07) is 0.336.